The average molecular weight is 956 g/mol. The minimum atomic E-state index is 0.492. The van der Waals surface area contributed by atoms with Gasteiger partial charge in [0.15, 0.2) is 5.58 Å². The number of pyridine rings is 4. The van der Waals surface area contributed by atoms with E-state index in [1.807, 2.05) is 24.3 Å². The van der Waals surface area contributed by atoms with Gasteiger partial charge in [0.2, 0.25) is 5.89 Å². The number of fused-ring (bicyclic) bond motifs is 10. The van der Waals surface area contributed by atoms with Gasteiger partial charge in [-0.1, -0.05) is 146 Å². The number of hydrogen-bond donors (Lipinski definition) is 0. The lowest BCUT2D eigenvalue weighted by Gasteiger charge is -2.15. The molecule has 0 aliphatic heterocycles. The topological polar surface area (TPSA) is 77.6 Å². The summed E-state index contributed by atoms with van der Waals surface area (Å²) in [6, 6.07) is 83.8. The van der Waals surface area contributed by atoms with Crippen LogP contribution in [-0.4, -0.2) is 24.9 Å². The minimum Gasteiger partial charge on any atom is -0.435 e. The molecule has 6 heteroatoms. The van der Waals surface area contributed by atoms with Crippen LogP contribution in [0.1, 0.15) is 0 Å². The van der Waals surface area contributed by atoms with E-state index in [1.165, 1.54) is 21.5 Å². The van der Waals surface area contributed by atoms with E-state index in [1.54, 1.807) is 12.4 Å². The number of hydrogen-bond acceptors (Lipinski definition) is 6. The lowest BCUT2D eigenvalue weighted by Crippen LogP contribution is -1.94. The normalized spacial score (nSPS) is 11.7. The molecule has 0 fully saturated rings. The number of rotatable bonds is 7. The summed E-state index contributed by atoms with van der Waals surface area (Å²) in [6.45, 7) is 0. The highest BCUT2D eigenvalue weighted by molar-refractivity contribution is 6.20. The summed E-state index contributed by atoms with van der Waals surface area (Å²) < 4.78 is 6.99. The van der Waals surface area contributed by atoms with E-state index in [2.05, 4.69) is 212 Å². The Morgan fingerprint density at radius 2 is 0.587 bits per heavy atom. The van der Waals surface area contributed by atoms with Crippen LogP contribution in [0.15, 0.2) is 253 Å². The summed E-state index contributed by atoms with van der Waals surface area (Å²) >= 11 is 0. The van der Waals surface area contributed by atoms with E-state index in [-0.39, 0.29) is 0 Å². The van der Waals surface area contributed by atoms with E-state index in [0.717, 1.165) is 122 Å². The third-order valence-corrected chi connectivity index (χ3v) is 14.6. The van der Waals surface area contributed by atoms with Gasteiger partial charge in [0.1, 0.15) is 11.0 Å². The molecule has 0 radical (unpaired) electrons. The van der Waals surface area contributed by atoms with Crippen LogP contribution in [0.3, 0.4) is 0 Å². The van der Waals surface area contributed by atoms with Crippen molar-refractivity contribution in [3.05, 3.63) is 249 Å². The van der Waals surface area contributed by atoms with Gasteiger partial charge in [-0.2, -0.15) is 0 Å². The molecule has 0 saturated heterocycles. The van der Waals surface area contributed by atoms with Crippen molar-refractivity contribution in [2.24, 2.45) is 0 Å². The molecule has 348 valence electrons. The second kappa shape index (κ2) is 17.3. The van der Waals surface area contributed by atoms with Crippen LogP contribution in [0.25, 0.3) is 155 Å². The number of benzene rings is 10. The maximum Gasteiger partial charge on any atom is 0.227 e. The minimum absolute atomic E-state index is 0.492. The number of nitrogens with zero attached hydrogens (tertiary/aromatic N) is 5. The molecule has 0 saturated carbocycles. The Bertz CT molecular complexity index is 4310. The molecule has 15 rings (SSSR count). The monoisotopic (exact) mass is 955 g/mol. The van der Waals surface area contributed by atoms with Crippen molar-refractivity contribution in [3.8, 4) is 78.7 Å². The van der Waals surface area contributed by atoms with Gasteiger partial charge in [-0.05, 0) is 156 Å². The fourth-order valence-corrected chi connectivity index (χ4v) is 10.8. The molecule has 0 spiro atoms. The molecule has 6 nitrogen and oxygen atoms in total. The summed E-state index contributed by atoms with van der Waals surface area (Å²) in [4.78, 5) is 25.8. The zero-order chi connectivity index (χ0) is 49.4. The highest BCUT2D eigenvalue weighted by atomic mass is 16.3. The maximum absolute atomic E-state index is 6.99. The average Bonchev–Trinajstić information content (AvgIpc) is 3.98. The molecule has 5 heterocycles. The highest BCUT2D eigenvalue weighted by Gasteiger charge is 2.21. The summed E-state index contributed by atoms with van der Waals surface area (Å²) in [5.74, 6) is 0.492. The first-order valence-corrected chi connectivity index (χ1v) is 25.2. The molecule has 0 amide bonds. The highest BCUT2D eigenvalue weighted by Crippen LogP contribution is 2.42. The molecule has 15 aromatic rings. The molecule has 0 N–H and O–H groups in total. The van der Waals surface area contributed by atoms with Gasteiger partial charge in [-0.3, -0.25) is 9.97 Å². The fraction of sp³-hybridized carbons (Fsp3) is 0. The van der Waals surface area contributed by atoms with Crippen molar-refractivity contribution in [2.45, 2.75) is 0 Å². The van der Waals surface area contributed by atoms with Crippen LogP contribution < -0.4 is 0 Å². The summed E-state index contributed by atoms with van der Waals surface area (Å²) in [5, 5.41) is 11.1. The van der Waals surface area contributed by atoms with Gasteiger partial charge < -0.3 is 4.42 Å². The lowest BCUT2D eigenvalue weighted by atomic mass is 9.92. The Hall–Kier alpha value is -10.2. The largest absolute Gasteiger partial charge is 0.435 e. The van der Waals surface area contributed by atoms with E-state index < -0.39 is 0 Å². The van der Waals surface area contributed by atoms with Crippen LogP contribution in [0, 0.1) is 0 Å². The zero-order valence-corrected chi connectivity index (χ0v) is 40.3. The summed E-state index contributed by atoms with van der Waals surface area (Å²) in [6.07, 6.45) is 3.61. The van der Waals surface area contributed by atoms with Crippen LogP contribution in [0.4, 0.5) is 0 Å². The van der Waals surface area contributed by atoms with Crippen LogP contribution in [0.5, 0.6) is 0 Å². The third kappa shape index (κ3) is 7.55. The van der Waals surface area contributed by atoms with Crippen LogP contribution >= 0.6 is 0 Å². The first-order chi connectivity index (χ1) is 37.1. The van der Waals surface area contributed by atoms with Crippen molar-refractivity contribution in [3.63, 3.8) is 0 Å². The Morgan fingerprint density at radius 1 is 0.240 bits per heavy atom. The SMILES string of the molecule is c1ccc2cc(-c3cc(-c4cc(-c5cc(-c6ccc7ccccc7c6)nc(-c6ccc7ccccc7c6)c5)cc(-c5nc6c7cccnc7c7ncccc7c6o5)c4)cc(-c4ccc5ccccc5c4)n3)ccc2c1. The van der Waals surface area contributed by atoms with Crippen molar-refractivity contribution in [2.75, 3.05) is 0 Å². The van der Waals surface area contributed by atoms with Crippen molar-refractivity contribution in [1.29, 1.82) is 0 Å². The Kier molecular flexibility index (Phi) is 9.78. The van der Waals surface area contributed by atoms with Gasteiger partial charge in [0, 0.05) is 51.0 Å². The molecule has 0 aliphatic carbocycles. The molecule has 5 aromatic heterocycles. The second-order valence-electron chi connectivity index (χ2n) is 19.3. The van der Waals surface area contributed by atoms with Gasteiger partial charge in [-0.25, -0.2) is 15.0 Å². The molecule has 0 aliphatic rings. The summed E-state index contributed by atoms with van der Waals surface area (Å²) in [5.41, 5.74) is 15.3. The molecule has 0 unspecified atom stereocenters. The Balaban J connectivity index is 0.995. The van der Waals surface area contributed by atoms with Gasteiger partial charge in [0.25, 0.3) is 0 Å². The second-order valence-corrected chi connectivity index (χ2v) is 19.3. The maximum atomic E-state index is 6.99. The van der Waals surface area contributed by atoms with Gasteiger partial charge in [0.05, 0.1) is 28.3 Å². The van der Waals surface area contributed by atoms with Crippen molar-refractivity contribution in [1.82, 2.24) is 24.9 Å². The smallest absolute Gasteiger partial charge is 0.227 e. The van der Waals surface area contributed by atoms with E-state index in [4.69, 9.17) is 29.3 Å². The van der Waals surface area contributed by atoms with Crippen molar-refractivity contribution < 1.29 is 4.42 Å². The predicted octanol–water partition coefficient (Wildman–Crippen LogP) is 18.0. The zero-order valence-electron chi connectivity index (χ0n) is 40.3. The van der Waals surface area contributed by atoms with E-state index in [0.29, 0.717) is 11.5 Å². The molecule has 10 aromatic carbocycles. The first kappa shape index (κ1) is 42.5. The van der Waals surface area contributed by atoms with Gasteiger partial charge >= 0.3 is 0 Å². The molecule has 75 heavy (non-hydrogen) atoms. The molecule has 0 atom stereocenters. The standard InChI is InChI=1S/C69H41N5O/c1-5-15-46-31-50(25-21-42(46)11-1)61-38-56(39-62(72-61)51-26-22-43-12-2-6-16-47(43)32-51)54-35-55(37-58(36-54)69-74-67-59-19-9-29-70-65(59)66-60(68(67)75-69)20-10-30-71-66)57-40-63(52-27-23-44-13-3-7-17-48(44)33-52)73-64(41-57)53-28-24-45-14-4-8-18-49(45)34-53/h1-41H. The van der Waals surface area contributed by atoms with Crippen molar-refractivity contribution >= 4 is 76.0 Å². The Labute approximate surface area is 430 Å². The first-order valence-electron chi connectivity index (χ1n) is 25.2. The van der Waals surface area contributed by atoms with Gasteiger partial charge in [-0.15, -0.1) is 0 Å². The number of oxazole rings is 1. The van der Waals surface area contributed by atoms with Crippen LogP contribution in [-0.2, 0) is 0 Å². The van der Waals surface area contributed by atoms with Crippen LogP contribution in [0.2, 0.25) is 0 Å². The lowest BCUT2D eigenvalue weighted by molar-refractivity contribution is 0.623. The Morgan fingerprint density at radius 3 is 1.00 bits per heavy atom. The van der Waals surface area contributed by atoms with E-state index >= 15 is 0 Å². The third-order valence-electron chi connectivity index (χ3n) is 14.6. The van der Waals surface area contributed by atoms with E-state index in [9.17, 15) is 0 Å². The predicted molar refractivity (Wildman–Crippen MR) is 308 cm³/mol. The molecular formula is C69H41N5O. The quantitative estimate of drug-likeness (QED) is 0.148. The summed E-state index contributed by atoms with van der Waals surface area (Å²) in [7, 11) is 0. The fourth-order valence-electron chi connectivity index (χ4n) is 10.8. The molecular weight excluding hydrogens is 915 g/mol. The number of aromatic nitrogens is 5. The molecule has 0 bridgehead atoms.